The van der Waals surface area contributed by atoms with Gasteiger partial charge in [-0.2, -0.15) is 0 Å². The normalized spacial score (nSPS) is 12.1. The average molecular weight is 686 g/mol. The van der Waals surface area contributed by atoms with Crippen molar-refractivity contribution >= 4 is 65.2 Å². The lowest BCUT2D eigenvalue weighted by Crippen LogP contribution is -2.00. The Morgan fingerprint density at radius 1 is 0.333 bits per heavy atom. The summed E-state index contributed by atoms with van der Waals surface area (Å²) < 4.78 is 4.79. The van der Waals surface area contributed by atoms with E-state index in [0.717, 1.165) is 33.7 Å². The van der Waals surface area contributed by atoms with Crippen molar-refractivity contribution < 1.29 is 0 Å². The van der Waals surface area contributed by atoms with Gasteiger partial charge in [-0.15, -0.1) is 0 Å². The van der Waals surface area contributed by atoms with Crippen LogP contribution in [0.25, 0.3) is 110 Å². The van der Waals surface area contributed by atoms with Crippen LogP contribution in [0.15, 0.2) is 188 Å². The predicted molar refractivity (Wildman–Crippen MR) is 227 cm³/mol. The zero-order valence-corrected chi connectivity index (χ0v) is 29.2. The Bertz CT molecular complexity index is 3300. The maximum absolute atomic E-state index is 5.39. The van der Waals surface area contributed by atoms with Crippen molar-refractivity contribution in [3.8, 4) is 45.0 Å². The Morgan fingerprint density at radius 3 is 1.46 bits per heavy atom. The molecule has 0 spiro atoms. The minimum atomic E-state index is 0.911. The van der Waals surface area contributed by atoms with E-state index in [1.54, 1.807) is 0 Å². The largest absolute Gasteiger partial charge is 0.309 e. The van der Waals surface area contributed by atoms with Gasteiger partial charge in [0, 0.05) is 32.8 Å². The summed E-state index contributed by atoms with van der Waals surface area (Å²) in [5, 5.41) is 10.2. The summed E-state index contributed by atoms with van der Waals surface area (Å²) in [5.41, 5.74) is 12.8. The molecule has 0 aliphatic rings. The fraction of sp³-hybridized carbons (Fsp3) is 0. The Balaban J connectivity index is 1.14. The van der Waals surface area contributed by atoms with Crippen molar-refractivity contribution in [3.63, 3.8) is 0 Å². The van der Waals surface area contributed by atoms with Crippen molar-refractivity contribution in [3.05, 3.63) is 188 Å². The number of nitrogens with zero attached hydrogens (tertiary/aromatic N) is 3. The number of aromatic nitrogens is 3. The molecule has 0 N–H and O–H groups in total. The quantitative estimate of drug-likeness (QED) is 0.165. The Hall–Kier alpha value is -7.23. The van der Waals surface area contributed by atoms with Gasteiger partial charge >= 0.3 is 0 Å². The number of hydrogen-bond acceptors (Lipinski definition) is 1. The summed E-state index contributed by atoms with van der Waals surface area (Å²) in [6.45, 7) is 0. The molecule has 0 amide bonds. The van der Waals surface area contributed by atoms with E-state index in [9.17, 15) is 0 Å². The molecule has 0 saturated heterocycles. The van der Waals surface area contributed by atoms with Gasteiger partial charge in [0.25, 0.3) is 0 Å². The highest BCUT2D eigenvalue weighted by molar-refractivity contribution is 6.30. The number of hydrogen-bond donors (Lipinski definition) is 0. The monoisotopic (exact) mass is 685 g/mol. The summed E-state index contributed by atoms with van der Waals surface area (Å²) in [5.74, 6) is 0.911. The summed E-state index contributed by atoms with van der Waals surface area (Å²) in [6.07, 6.45) is 0. The fourth-order valence-electron chi connectivity index (χ4n) is 9.13. The molecule has 0 radical (unpaired) electrons. The van der Waals surface area contributed by atoms with E-state index in [2.05, 4.69) is 197 Å². The van der Waals surface area contributed by atoms with Crippen LogP contribution >= 0.6 is 0 Å². The third kappa shape index (κ3) is 4.09. The lowest BCUT2D eigenvalue weighted by molar-refractivity contribution is 1.08. The van der Waals surface area contributed by atoms with Crippen LogP contribution in [0.5, 0.6) is 0 Å². The van der Waals surface area contributed by atoms with E-state index in [-0.39, 0.29) is 0 Å². The zero-order valence-electron chi connectivity index (χ0n) is 29.2. The Morgan fingerprint density at radius 2 is 0.852 bits per heavy atom. The summed E-state index contributed by atoms with van der Waals surface area (Å²) in [7, 11) is 0. The molecule has 3 nitrogen and oxygen atoms in total. The van der Waals surface area contributed by atoms with Crippen LogP contribution in [-0.4, -0.2) is 14.1 Å². The number of para-hydroxylation sites is 1. The first-order valence-electron chi connectivity index (χ1n) is 18.6. The second kappa shape index (κ2) is 11.1. The minimum Gasteiger partial charge on any atom is -0.309 e. The van der Waals surface area contributed by atoms with Crippen LogP contribution < -0.4 is 0 Å². The smallest absolute Gasteiger partial charge is 0.138 e. The van der Waals surface area contributed by atoms with Gasteiger partial charge in [-0.1, -0.05) is 140 Å². The maximum atomic E-state index is 5.39. The lowest BCUT2D eigenvalue weighted by atomic mass is 9.90. The van der Waals surface area contributed by atoms with Crippen LogP contribution in [-0.2, 0) is 0 Å². The Kier molecular flexibility index (Phi) is 6.05. The molecule has 12 rings (SSSR count). The molecule has 250 valence electrons. The highest BCUT2D eigenvalue weighted by atomic mass is 15.1. The summed E-state index contributed by atoms with van der Waals surface area (Å²) >= 11 is 0. The SMILES string of the molecule is c1ccc(-c2cc(-c3ccccc3)nc(-n3c4cccc5ccc6c(-c7ccc8c9c7ccc7cccc(c79)n8-c7ccccc7)ccc3c6c54)c2)cc1. The highest BCUT2D eigenvalue weighted by Gasteiger charge is 2.23. The predicted octanol–water partition coefficient (Wildman–Crippen LogP) is 13.5. The van der Waals surface area contributed by atoms with Gasteiger partial charge in [-0.05, 0) is 92.3 Å². The molecule has 0 aliphatic heterocycles. The molecule has 54 heavy (non-hydrogen) atoms. The first-order chi connectivity index (χ1) is 26.8. The van der Waals surface area contributed by atoms with Crippen molar-refractivity contribution in [2.45, 2.75) is 0 Å². The molecular weight excluding hydrogens is 655 g/mol. The minimum absolute atomic E-state index is 0.911. The van der Waals surface area contributed by atoms with Gasteiger partial charge in [-0.25, -0.2) is 4.98 Å². The molecule has 0 unspecified atom stereocenters. The molecule has 3 aromatic heterocycles. The van der Waals surface area contributed by atoms with E-state index in [1.165, 1.54) is 76.5 Å². The number of benzene rings is 9. The van der Waals surface area contributed by atoms with Crippen LogP contribution in [0.1, 0.15) is 0 Å². The van der Waals surface area contributed by atoms with E-state index in [4.69, 9.17) is 4.98 Å². The molecule has 12 aromatic rings. The topological polar surface area (TPSA) is 22.8 Å². The van der Waals surface area contributed by atoms with Crippen molar-refractivity contribution in [1.82, 2.24) is 14.1 Å². The summed E-state index contributed by atoms with van der Waals surface area (Å²) in [6, 6.07) is 68.2. The Labute approximate surface area is 311 Å². The highest BCUT2D eigenvalue weighted by Crippen LogP contribution is 2.47. The van der Waals surface area contributed by atoms with E-state index >= 15 is 0 Å². The van der Waals surface area contributed by atoms with Crippen LogP contribution in [0.2, 0.25) is 0 Å². The third-order valence-electron chi connectivity index (χ3n) is 11.4. The van der Waals surface area contributed by atoms with Crippen LogP contribution in [0, 0.1) is 0 Å². The van der Waals surface area contributed by atoms with Gasteiger partial charge in [0.15, 0.2) is 0 Å². The molecule has 0 saturated carbocycles. The second-order valence-electron chi connectivity index (χ2n) is 14.3. The summed E-state index contributed by atoms with van der Waals surface area (Å²) in [4.78, 5) is 5.39. The van der Waals surface area contributed by atoms with E-state index in [1.807, 2.05) is 0 Å². The van der Waals surface area contributed by atoms with Gasteiger partial charge in [0.1, 0.15) is 5.82 Å². The van der Waals surface area contributed by atoms with Gasteiger partial charge < -0.3 is 4.57 Å². The van der Waals surface area contributed by atoms with E-state index in [0.29, 0.717) is 0 Å². The van der Waals surface area contributed by atoms with Gasteiger partial charge in [0.05, 0.1) is 27.8 Å². The molecule has 0 atom stereocenters. The van der Waals surface area contributed by atoms with Gasteiger partial charge in [-0.3, -0.25) is 4.57 Å². The molecule has 3 heterocycles. The standard InChI is InChI=1S/C51H31N3/c1-4-12-32(13-5-1)36-30-42(33-14-6-2-7-15-33)52-47(31-36)54-44-21-11-17-35-23-25-41-39(27-29-46(54)51(41)49(35)44)38-26-28-45-50-40(38)24-22-34-16-10-20-43(48(34)50)53(45)37-18-8-3-9-19-37/h1-31H. The second-order valence-corrected chi connectivity index (χ2v) is 14.3. The van der Waals surface area contributed by atoms with Crippen molar-refractivity contribution in [2.75, 3.05) is 0 Å². The fourth-order valence-corrected chi connectivity index (χ4v) is 9.13. The first-order valence-corrected chi connectivity index (χ1v) is 18.6. The zero-order chi connectivity index (χ0) is 35.3. The van der Waals surface area contributed by atoms with Crippen molar-refractivity contribution in [2.24, 2.45) is 0 Å². The van der Waals surface area contributed by atoms with E-state index < -0.39 is 0 Å². The number of rotatable bonds is 5. The van der Waals surface area contributed by atoms with Crippen molar-refractivity contribution in [1.29, 1.82) is 0 Å². The number of pyridine rings is 1. The average Bonchev–Trinajstić information content (AvgIpc) is 3.77. The molecule has 3 heteroatoms. The lowest BCUT2D eigenvalue weighted by Gasteiger charge is -2.14. The van der Waals surface area contributed by atoms with Gasteiger partial charge in [0.2, 0.25) is 0 Å². The first kappa shape index (κ1) is 29.4. The molecule has 0 bridgehead atoms. The molecule has 0 aliphatic carbocycles. The molecular formula is C51H31N3. The van der Waals surface area contributed by atoms with Crippen LogP contribution in [0.4, 0.5) is 0 Å². The maximum Gasteiger partial charge on any atom is 0.138 e. The van der Waals surface area contributed by atoms with Crippen LogP contribution in [0.3, 0.4) is 0 Å². The molecule has 0 fully saturated rings. The third-order valence-corrected chi connectivity index (χ3v) is 11.4. The molecule has 9 aromatic carbocycles.